The molecule has 0 bridgehead atoms. The molecule has 0 amide bonds. The number of nitro groups is 1. The summed E-state index contributed by atoms with van der Waals surface area (Å²) in [5, 5.41) is 10.8. The van der Waals surface area contributed by atoms with Crippen molar-refractivity contribution in [1.82, 2.24) is 4.72 Å². The van der Waals surface area contributed by atoms with Gasteiger partial charge in [0.25, 0.3) is 10.0 Å². The summed E-state index contributed by atoms with van der Waals surface area (Å²) in [4.78, 5) is 10.1. The fraction of sp³-hybridized carbons (Fsp3) is 0.556. The van der Waals surface area contributed by atoms with Gasteiger partial charge in [-0.3, -0.25) is 10.1 Å². The van der Waals surface area contributed by atoms with Crippen LogP contribution in [0.4, 0.5) is 10.7 Å². The Morgan fingerprint density at radius 1 is 1.53 bits per heavy atom. The monoisotopic (exact) mass is 306 g/mol. The molecule has 19 heavy (non-hydrogen) atoms. The van der Waals surface area contributed by atoms with Gasteiger partial charge in [0, 0.05) is 11.6 Å². The molecule has 0 saturated heterocycles. The van der Waals surface area contributed by atoms with E-state index in [1.54, 1.807) is 0 Å². The van der Waals surface area contributed by atoms with Gasteiger partial charge < -0.3 is 5.43 Å². The van der Waals surface area contributed by atoms with Crippen molar-refractivity contribution in [2.45, 2.75) is 35.9 Å². The molecule has 1 saturated carbocycles. The molecule has 1 aromatic heterocycles. The lowest BCUT2D eigenvalue weighted by Crippen LogP contribution is -2.50. The zero-order chi connectivity index (χ0) is 14.3. The van der Waals surface area contributed by atoms with Crippen molar-refractivity contribution in [3.8, 4) is 0 Å². The summed E-state index contributed by atoms with van der Waals surface area (Å²) in [5.41, 5.74) is 1.35. The number of hydrazine groups is 1. The number of sulfonamides is 1. The minimum Gasteiger partial charge on any atom is -0.310 e. The van der Waals surface area contributed by atoms with E-state index >= 15 is 0 Å². The van der Waals surface area contributed by atoms with Crippen molar-refractivity contribution < 1.29 is 13.3 Å². The molecule has 1 aliphatic carbocycles. The molecule has 0 spiro atoms. The molecule has 1 aromatic rings. The molecule has 0 atom stereocenters. The largest absolute Gasteiger partial charge is 0.310 e. The number of nitrogens with one attached hydrogen (secondary N) is 2. The topological polar surface area (TPSA) is 127 Å². The lowest BCUT2D eigenvalue weighted by molar-refractivity contribution is -0.383. The molecular weight excluding hydrogens is 292 g/mol. The predicted octanol–water partition coefficient (Wildman–Crippen LogP) is 1.16. The summed E-state index contributed by atoms with van der Waals surface area (Å²) >= 11 is 0.742. The Balaban J connectivity index is 2.32. The van der Waals surface area contributed by atoms with E-state index in [4.69, 9.17) is 5.84 Å². The van der Waals surface area contributed by atoms with E-state index in [1.807, 2.05) is 6.92 Å². The van der Waals surface area contributed by atoms with Gasteiger partial charge in [0.2, 0.25) is 0 Å². The van der Waals surface area contributed by atoms with Crippen LogP contribution in [0.1, 0.15) is 26.2 Å². The second-order valence-electron chi connectivity index (χ2n) is 4.70. The summed E-state index contributed by atoms with van der Waals surface area (Å²) in [6, 6.07) is 1.02. The van der Waals surface area contributed by atoms with Crippen LogP contribution in [0.15, 0.2) is 10.3 Å². The standard InChI is InChI=1S/C9H14N4O4S2/c1-9(3-2-4-9)12-19(16,17)7-5-6(13(14)15)8(11-10)18-7/h5,11-12H,2-4,10H2,1H3. The van der Waals surface area contributed by atoms with Gasteiger partial charge in [-0.1, -0.05) is 11.3 Å². The number of nitrogen functional groups attached to an aromatic ring is 1. The Labute approximate surface area is 114 Å². The van der Waals surface area contributed by atoms with Crippen LogP contribution in [0.5, 0.6) is 0 Å². The van der Waals surface area contributed by atoms with Gasteiger partial charge in [-0.2, -0.15) is 0 Å². The molecule has 0 aliphatic heterocycles. The van der Waals surface area contributed by atoms with Crippen LogP contribution >= 0.6 is 11.3 Å². The first kappa shape index (κ1) is 14.2. The highest BCUT2D eigenvalue weighted by atomic mass is 32.2. The van der Waals surface area contributed by atoms with Crippen molar-refractivity contribution in [2.24, 2.45) is 5.84 Å². The number of thiophene rings is 1. The van der Waals surface area contributed by atoms with E-state index in [0.717, 1.165) is 36.7 Å². The van der Waals surface area contributed by atoms with Gasteiger partial charge >= 0.3 is 5.69 Å². The minimum atomic E-state index is -3.76. The molecule has 2 rings (SSSR count). The number of hydrogen-bond donors (Lipinski definition) is 3. The lowest BCUT2D eigenvalue weighted by atomic mass is 9.80. The van der Waals surface area contributed by atoms with Crippen molar-refractivity contribution in [3.63, 3.8) is 0 Å². The molecule has 10 heteroatoms. The van der Waals surface area contributed by atoms with Gasteiger partial charge in [-0.05, 0) is 26.2 Å². The predicted molar refractivity (Wildman–Crippen MR) is 71.4 cm³/mol. The fourth-order valence-corrected chi connectivity index (χ4v) is 4.62. The second kappa shape index (κ2) is 4.71. The highest BCUT2D eigenvalue weighted by Gasteiger charge is 2.37. The van der Waals surface area contributed by atoms with Crippen molar-refractivity contribution in [3.05, 3.63) is 16.2 Å². The Kier molecular flexibility index (Phi) is 3.51. The molecule has 0 unspecified atom stereocenters. The SMILES string of the molecule is CC1(NS(=O)(=O)c2cc([N+](=O)[O-])c(NN)s2)CCC1. The Bertz CT molecular complexity index is 606. The molecule has 1 heterocycles. The van der Waals surface area contributed by atoms with E-state index in [1.165, 1.54) is 0 Å². The van der Waals surface area contributed by atoms with Crippen molar-refractivity contribution in [2.75, 3.05) is 5.43 Å². The van der Waals surface area contributed by atoms with Crippen LogP contribution < -0.4 is 16.0 Å². The first-order chi connectivity index (χ1) is 8.77. The van der Waals surface area contributed by atoms with Crippen LogP contribution in [0.2, 0.25) is 0 Å². The first-order valence-corrected chi connectivity index (χ1v) is 7.86. The third kappa shape index (κ3) is 2.71. The van der Waals surface area contributed by atoms with Crippen LogP contribution in [0.25, 0.3) is 0 Å². The highest BCUT2D eigenvalue weighted by molar-refractivity contribution is 7.91. The van der Waals surface area contributed by atoms with Crippen LogP contribution in [0.3, 0.4) is 0 Å². The average molecular weight is 306 g/mol. The minimum absolute atomic E-state index is 0.0177. The van der Waals surface area contributed by atoms with E-state index in [9.17, 15) is 18.5 Å². The quantitative estimate of drug-likeness (QED) is 0.425. The third-order valence-electron chi connectivity index (χ3n) is 3.12. The first-order valence-electron chi connectivity index (χ1n) is 5.56. The fourth-order valence-electron chi connectivity index (χ4n) is 1.91. The Morgan fingerprint density at radius 3 is 2.53 bits per heavy atom. The molecule has 0 radical (unpaired) electrons. The molecular formula is C9H14N4O4S2. The normalized spacial score (nSPS) is 17.8. The maximum atomic E-state index is 12.2. The Morgan fingerprint density at radius 2 is 2.16 bits per heavy atom. The number of rotatable bonds is 5. The highest BCUT2D eigenvalue weighted by Crippen LogP contribution is 2.38. The van der Waals surface area contributed by atoms with E-state index in [-0.39, 0.29) is 14.9 Å². The number of nitrogens with two attached hydrogens (primary N) is 1. The zero-order valence-corrected chi connectivity index (χ0v) is 11.8. The van der Waals surface area contributed by atoms with E-state index < -0.39 is 20.5 Å². The van der Waals surface area contributed by atoms with Gasteiger partial charge in [0.15, 0.2) is 5.00 Å². The van der Waals surface area contributed by atoms with Gasteiger partial charge in [-0.25, -0.2) is 19.0 Å². The van der Waals surface area contributed by atoms with Gasteiger partial charge in [0.1, 0.15) is 4.21 Å². The van der Waals surface area contributed by atoms with Crippen molar-refractivity contribution in [1.29, 1.82) is 0 Å². The number of anilines is 1. The van der Waals surface area contributed by atoms with Crippen LogP contribution in [0, 0.1) is 10.1 Å². The molecule has 8 nitrogen and oxygen atoms in total. The number of hydrogen-bond acceptors (Lipinski definition) is 7. The smallest absolute Gasteiger partial charge is 0.306 e. The summed E-state index contributed by atoms with van der Waals surface area (Å²) in [6.07, 6.45) is 2.50. The zero-order valence-electron chi connectivity index (χ0n) is 10.2. The maximum absolute atomic E-state index is 12.2. The van der Waals surface area contributed by atoms with Crippen LogP contribution in [-0.2, 0) is 10.0 Å². The maximum Gasteiger partial charge on any atom is 0.306 e. The summed E-state index contributed by atoms with van der Waals surface area (Å²) in [5.74, 6) is 5.15. The molecule has 106 valence electrons. The third-order valence-corrected chi connectivity index (χ3v) is 6.29. The lowest BCUT2D eigenvalue weighted by Gasteiger charge is -2.38. The summed E-state index contributed by atoms with van der Waals surface area (Å²) < 4.78 is 26.8. The average Bonchev–Trinajstić information content (AvgIpc) is 2.71. The second-order valence-corrected chi connectivity index (χ2v) is 7.66. The number of nitrogens with zero attached hydrogens (tertiary/aromatic N) is 1. The molecule has 4 N–H and O–H groups in total. The van der Waals surface area contributed by atoms with Crippen LogP contribution in [-0.4, -0.2) is 18.9 Å². The van der Waals surface area contributed by atoms with E-state index in [2.05, 4.69) is 10.1 Å². The Hall–Kier alpha value is -1.23. The summed E-state index contributed by atoms with van der Waals surface area (Å²) in [6.45, 7) is 1.82. The van der Waals surface area contributed by atoms with Gasteiger partial charge in [0.05, 0.1) is 4.92 Å². The summed E-state index contributed by atoms with van der Waals surface area (Å²) in [7, 11) is -3.76. The molecule has 1 aliphatic rings. The van der Waals surface area contributed by atoms with Crippen molar-refractivity contribution >= 4 is 32.0 Å². The molecule has 0 aromatic carbocycles. The molecule has 1 fully saturated rings. The van der Waals surface area contributed by atoms with Gasteiger partial charge in [-0.15, -0.1) is 0 Å². The van der Waals surface area contributed by atoms with E-state index in [0.29, 0.717) is 0 Å².